The largest absolute Gasteiger partial charge is 0.310 e. The number of rotatable bonds is 5. The van der Waals surface area contributed by atoms with Gasteiger partial charge in [0.15, 0.2) is 0 Å². The van der Waals surface area contributed by atoms with Crippen LogP contribution in [0.1, 0.15) is 47.2 Å². The zero-order valence-electron chi connectivity index (χ0n) is 33.7. The first kappa shape index (κ1) is 34.6. The van der Waals surface area contributed by atoms with Crippen LogP contribution < -0.4 is 9.80 Å². The van der Waals surface area contributed by atoms with Gasteiger partial charge in [0.1, 0.15) is 0 Å². The molecule has 2 heteroatoms. The third kappa shape index (κ3) is 4.82. The minimum atomic E-state index is -0.556. The lowest BCUT2D eigenvalue weighted by Crippen LogP contribution is -2.36. The molecule has 0 fully saturated rings. The Morgan fingerprint density at radius 1 is 0.333 bits per heavy atom. The van der Waals surface area contributed by atoms with Crippen molar-refractivity contribution in [3.63, 3.8) is 0 Å². The summed E-state index contributed by atoms with van der Waals surface area (Å²) in [5.74, 6) is 0. The topological polar surface area (TPSA) is 6.48 Å². The molecule has 9 aromatic carbocycles. The van der Waals surface area contributed by atoms with Gasteiger partial charge in [0.05, 0.1) is 16.8 Å². The molecule has 0 saturated carbocycles. The molecule has 12 rings (SSSR count). The lowest BCUT2D eigenvalue weighted by atomic mass is 9.64. The number of hydrogen-bond donors (Lipinski definition) is 0. The van der Waals surface area contributed by atoms with Crippen LogP contribution in [0.2, 0.25) is 0 Å². The van der Waals surface area contributed by atoms with E-state index in [0.29, 0.717) is 0 Å². The Hall–Kier alpha value is -7.42. The maximum Gasteiger partial charge on any atom is 0.0755 e. The molecule has 1 spiro atoms. The van der Waals surface area contributed by atoms with Gasteiger partial charge in [-0.25, -0.2) is 0 Å². The van der Waals surface area contributed by atoms with Crippen molar-refractivity contribution in [3.8, 4) is 33.4 Å². The average Bonchev–Trinajstić information content (AvgIpc) is 3.72. The summed E-state index contributed by atoms with van der Waals surface area (Å²) in [6.07, 6.45) is 0. The van der Waals surface area contributed by atoms with Crippen molar-refractivity contribution < 1.29 is 0 Å². The standard InChI is InChI=1S/C58H42N2/c1-57(2)49-26-11-9-24-45(49)47-34-32-43(37-53(47)57)59(42-23-17-20-40(36-42)39-18-5-3-6-19-39)44-33-35-48-46-25-10-12-27-50(46)58(54(48)38-44)51-28-13-15-30-55(51)60(41-21-7-4-8-22-41)56-31-16-14-29-52(56)58/h3-38H,1-2H3. The third-order valence-corrected chi connectivity index (χ3v) is 13.4. The zero-order chi connectivity index (χ0) is 40.0. The molecule has 9 aromatic rings. The summed E-state index contributed by atoms with van der Waals surface area (Å²) in [6.45, 7) is 4.74. The minimum Gasteiger partial charge on any atom is -0.310 e. The summed E-state index contributed by atoms with van der Waals surface area (Å²) in [6, 6.07) is 81.1. The minimum absolute atomic E-state index is 0.136. The SMILES string of the molecule is CC1(C)c2ccccc2-c2ccc(N(c3cccc(-c4ccccc4)c3)c3ccc4c(c3)C3(c5ccccc5-4)c4ccccc4N(c4ccccc4)c4ccccc43)cc21. The second-order valence-corrected chi connectivity index (χ2v) is 16.9. The second-order valence-electron chi connectivity index (χ2n) is 16.9. The van der Waals surface area contributed by atoms with Crippen LogP contribution in [0.25, 0.3) is 33.4 Å². The predicted molar refractivity (Wildman–Crippen MR) is 250 cm³/mol. The monoisotopic (exact) mass is 766 g/mol. The van der Waals surface area contributed by atoms with Gasteiger partial charge in [-0.15, -0.1) is 0 Å². The predicted octanol–water partition coefficient (Wildman–Crippen LogP) is 15.3. The Labute approximate surface area is 352 Å². The summed E-state index contributed by atoms with van der Waals surface area (Å²) in [4.78, 5) is 4.94. The van der Waals surface area contributed by atoms with Crippen LogP contribution in [0.15, 0.2) is 218 Å². The number of benzene rings is 9. The van der Waals surface area contributed by atoms with E-state index in [2.05, 4.69) is 242 Å². The molecule has 0 bridgehead atoms. The number of anilines is 6. The molecular formula is C58H42N2. The summed E-state index contributed by atoms with van der Waals surface area (Å²) in [7, 11) is 0. The van der Waals surface area contributed by atoms with Gasteiger partial charge in [0, 0.05) is 28.2 Å². The van der Waals surface area contributed by atoms with Crippen molar-refractivity contribution in [2.45, 2.75) is 24.7 Å². The Morgan fingerprint density at radius 2 is 0.800 bits per heavy atom. The van der Waals surface area contributed by atoms with Gasteiger partial charge in [0.25, 0.3) is 0 Å². The number of para-hydroxylation sites is 3. The van der Waals surface area contributed by atoms with Crippen LogP contribution in [0, 0.1) is 0 Å². The first-order valence-electron chi connectivity index (χ1n) is 21.0. The molecule has 2 nitrogen and oxygen atoms in total. The Balaban J connectivity index is 1.12. The zero-order valence-corrected chi connectivity index (χ0v) is 33.7. The highest BCUT2D eigenvalue weighted by atomic mass is 15.2. The van der Waals surface area contributed by atoms with Crippen molar-refractivity contribution in [1.29, 1.82) is 0 Å². The van der Waals surface area contributed by atoms with Crippen LogP contribution >= 0.6 is 0 Å². The molecule has 1 heterocycles. The highest BCUT2D eigenvalue weighted by molar-refractivity contribution is 5.97. The van der Waals surface area contributed by atoms with Crippen molar-refractivity contribution in [2.75, 3.05) is 9.80 Å². The van der Waals surface area contributed by atoms with E-state index in [1.54, 1.807) is 0 Å². The summed E-state index contributed by atoms with van der Waals surface area (Å²) in [5, 5.41) is 0. The molecule has 1 aliphatic heterocycles. The van der Waals surface area contributed by atoms with Crippen molar-refractivity contribution in [1.82, 2.24) is 0 Å². The smallest absolute Gasteiger partial charge is 0.0755 e. The molecule has 0 radical (unpaired) electrons. The first-order valence-corrected chi connectivity index (χ1v) is 21.0. The highest BCUT2D eigenvalue weighted by Crippen LogP contribution is 2.64. The molecule has 284 valence electrons. The molecule has 0 aromatic heterocycles. The van der Waals surface area contributed by atoms with E-state index in [0.717, 1.165) is 22.7 Å². The van der Waals surface area contributed by atoms with E-state index >= 15 is 0 Å². The van der Waals surface area contributed by atoms with Crippen molar-refractivity contribution in [3.05, 3.63) is 252 Å². The van der Waals surface area contributed by atoms with Gasteiger partial charge < -0.3 is 9.80 Å². The van der Waals surface area contributed by atoms with E-state index in [1.807, 2.05) is 0 Å². The maximum absolute atomic E-state index is 2.50. The van der Waals surface area contributed by atoms with Gasteiger partial charge in [-0.3, -0.25) is 0 Å². The second kappa shape index (κ2) is 13.0. The van der Waals surface area contributed by atoms with Crippen molar-refractivity contribution in [2.24, 2.45) is 0 Å². The van der Waals surface area contributed by atoms with Gasteiger partial charge in [-0.2, -0.15) is 0 Å². The van der Waals surface area contributed by atoms with Crippen molar-refractivity contribution >= 4 is 34.1 Å². The fourth-order valence-corrected chi connectivity index (χ4v) is 10.8. The van der Waals surface area contributed by atoms with Crippen LogP contribution in [-0.4, -0.2) is 0 Å². The summed E-state index contributed by atoms with van der Waals surface area (Å²) < 4.78 is 0. The van der Waals surface area contributed by atoms with E-state index in [1.165, 1.54) is 78.1 Å². The normalized spacial score (nSPS) is 14.4. The van der Waals surface area contributed by atoms with E-state index in [4.69, 9.17) is 0 Å². The lowest BCUT2D eigenvalue weighted by Gasteiger charge is -2.45. The van der Waals surface area contributed by atoms with Crippen LogP contribution in [0.3, 0.4) is 0 Å². The molecular weight excluding hydrogens is 725 g/mol. The molecule has 3 aliphatic rings. The Kier molecular flexibility index (Phi) is 7.52. The van der Waals surface area contributed by atoms with Gasteiger partial charge >= 0.3 is 0 Å². The Morgan fingerprint density at radius 3 is 1.47 bits per heavy atom. The maximum atomic E-state index is 2.50. The lowest BCUT2D eigenvalue weighted by molar-refractivity contribution is 0.660. The third-order valence-electron chi connectivity index (χ3n) is 13.4. The quantitative estimate of drug-likeness (QED) is 0.172. The average molecular weight is 767 g/mol. The Bertz CT molecular complexity index is 3090. The number of fused-ring (bicyclic) bond motifs is 12. The van der Waals surface area contributed by atoms with Gasteiger partial charge in [0.2, 0.25) is 0 Å². The van der Waals surface area contributed by atoms with Gasteiger partial charge in [-0.05, 0) is 127 Å². The van der Waals surface area contributed by atoms with Crippen LogP contribution in [0.5, 0.6) is 0 Å². The first-order chi connectivity index (χ1) is 29.5. The van der Waals surface area contributed by atoms with Gasteiger partial charge in [-0.1, -0.05) is 172 Å². The summed E-state index contributed by atoms with van der Waals surface area (Å²) >= 11 is 0. The molecule has 0 saturated heterocycles. The van der Waals surface area contributed by atoms with E-state index in [9.17, 15) is 0 Å². The number of hydrogen-bond acceptors (Lipinski definition) is 2. The summed E-state index contributed by atoms with van der Waals surface area (Å²) in [5.41, 5.74) is 21.8. The fourth-order valence-electron chi connectivity index (χ4n) is 10.8. The van der Waals surface area contributed by atoms with Crippen LogP contribution in [-0.2, 0) is 10.8 Å². The van der Waals surface area contributed by atoms with E-state index in [-0.39, 0.29) is 5.41 Å². The molecule has 2 aliphatic carbocycles. The molecule has 0 unspecified atom stereocenters. The molecule has 0 N–H and O–H groups in total. The fraction of sp³-hybridized carbons (Fsp3) is 0.0690. The molecule has 60 heavy (non-hydrogen) atoms. The molecule has 0 atom stereocenters. The van der Waals surface area contributed by atoms with E-state index < -0.39 is 5.41 Å². The highest BCUT2D eigenvalue weighted by Gasteiger charge is 2.52. The molecule has 0 amide bonds. The number of nitrogens with zero attached hydrogens (tertiary/aromatic N) is 2. The van der Waals surface area contributed by atoms with Crippen LogP contribution in [0.4, 0.5) is 34.1 Å².